The Labute approximate surface area is 116 Å². The Hall–Kier alpha value is -1.29. The van der Waals surface area contributed by atoms with Crippen molar-refractivity contribution in [2.24, 2.45) is 5.92 Å². The number of likely N-dealkylation sites (tertiary alicyclic amines) is 1. The average Bonchev–Trinajstić information content (AvgIpc) is 2.41. The summed E-state index contributed by atoms with van der Waals surface area (Å²) in [6, 6.07) is 4.40. The molecule has 4 nitrogen and oxygen atoms in total. The van der Waals surface area contributed by atoms with Crippen LogP contribution in [0.25, 0.3) is 0 Å². The van der Waals surface area contributed by atoms with Crippen molar-refractivity contribution < 1.29 is 4.74 Å². The lowest BCUT2D eigenvalue weighted by Gasteiger charge is -2.35. The predicted octanol–water partition coefficient (Wildman–Crippen LogP) is 2.62. The summed E-state index contributed by atoms with van der Waals surface area (Å²) in [7, 11) is 2.18. The van der Waals surface area contributed by atoms with Crippen LogP contribution in [-0.4, -0.2) is 42.7 Å². The Morgan fingerprint density at radius 1 is 1.53 bits per heavy atom. The number of ether oxygens (including phenoxy) is 1. The van der Waals surface area contributed by atoms with E-state index in [0.717, 1.165) is 44.1 Å². The highest BCUT2D eigenvalue weighted by Gasteiger charge is 2.25. The van der Waals surface area contributed by atoms with E-state index in [1.54, 1.807) is 0 Å². The molecule has 1 aliphatic heterocycles. The lowest BCUT2D eigenvalue weighted by molar-refractivity contribution is 0.205. The molecule has 0 saturated carbocycles. The SMILES string of the molecule is CCCOc1cccnc1NC1CCN(C)CC1C. The third kappa shape index (κ3) is 3.83. The highest BCUT2D eigenvalue weighted by molar-refractivity contribution is 5.50. The Balaban J connectivity index is 2.01. The second kappa shape index (κ2) is 6.75. The first-order valence-electron chi connectivity index (χ1n) is 7.23. The van der Waals surface area contributed by atoms with Crippen LogP contribution in [0.5, 0.6) is 5.75 Å². The molecule has 0 amide bonds. The molecule has 2 heterocycles. The minimum Gasteiger partial charge on any atom is -0.490 e. The molecule has 1 aromatic heterocycles. The largest absolute Gasteiger partial charge is 0.490 e. The Kier molecular flexibility index (Phi) is 5.02. The summed E-state index contributed by atoms with van der Waals surface area (Å²) in [5.74, 6) is 2.38. The average molecular weight is 263 g/mol. The summed E-state index contributed by atoms with van der Waals surface area (Å²) in [4.78, 5) is 6.81. The van der Waals surface area contributed by atoms with Gasteiger partial charge in [0.1, 0.15) is 0 Å². The van der Waals surface area contributed by atoms with Gasteiger partial charge in [-0.2, -0.15) is 0 Å². The van der Waals surface area contributed by atoms with Crippen molar-refractivity contribution in [2.75, 3.05) is 32.1 Å². The molecule has 0 aromatic carbocycles. The molecule has 2 atom stereocenters. The fourth-order valence-corrected chi connectivity index (χ4v) is 2.57. The van der Waals surface area contributed by atoms with Crippen LogP contribution in [0.2, 0.25) is 0 Å². The van der Waals surface area contributed by atoms with Crippen LogP contribution in [0.3, 0.4) is 0 Å². The monoisotopic (exact) mass is 263 g/mol. The molecule has 0 radical (unpaired) electrons. The molecule has 2 unspecified atom stereocenters. The zero-order valence-corrected chi connectivity index (χ0v) is 12.2. The molecule has 1 fully saturated rings. The van der Waals surface area contributed by atoms with E-state index in [1.165, 1.54) is 0 Å². The van der Waals surface area contributed by atoms with E-state index in [1.807, 2.05) is 18.3 Å². The second-order valence-electron chi connectivity index (χ2n) is 5.48. The molecular weight excluding hydrogens is 238 g/mol. The maximum atomic E-state index is 5.75. The highest BCUT2D eigenvalue weighted by atomic mass is 16.5. The molecule has 1 aliphatic rings. The Bertz CT molecular complexity index is 397. The van der Waals surface area contributed by atoms with Crippen molar-refractivity contribution >= 4 is 5.82 Å². The van der Waals surface area contributed by atoms with Gasteiger partial charge in [-0.3, -0.25) is 0 Å². The van der Waals surface area contributed by atoms with E-state index in [-0.39, 0.29) is 0 Å². The molecule has 0 aliphatic carbocycles. The number of anilines is 1. The summed E-state index contributed by atoms with van der Waals surface area (Å²) < 4.78 is 5.75. The standard InChI is InChI=1S/C15H25N3O/c1-4-10-19-14-6-5-8-16-15(14)17-13-7-9-18(3)11-12(13)2/h5-6,8,12-13H,4,7,9-11H2,1-3H3,(H,16,17). The van der Waals surface area contributed by atoms with Gasteiger partial charge in [-0.05, 0) is 44.5 Å². The van der Waals surface area contributed by atoms with Gasteiger partial charge in [0, 0.05) is 18.8 Å². The smallest absolute Gasteiger partial charge is 0.168 e. The summed E-state index contributed by atoms with van der Waals surface area (Å²) in [5.41, 5.74) is 0. The number of aromatic nitrogens is 1. The number of nitrogens with zero attached hydrogens (tertiary/aromatic N) is 2. The minimum atomic E-state index is 0.482. The van der Waals surface area contributed by atoms with Crippen LogP contribution in [0.1, 0.15) is 26.7 Å². The van der Waals surface area contributed by atoms with Crippen molar-refractivity contribution in [3.8, 4) is 5.75 Å². The van der Waals surface area contributed by atoms with Crippen molar-refractivity contribution in [3.05, 3.63) is 18.3 Å². The molecule has 0 bridgehead atoms. The Morgan fingerprint density at radius 3 is 3.11 bits per heavy atom. The van der Waals surface area contributed by atoms with Crippen molar-refractivity contribution in [1.82, 2.24) is 9.88 Å². The van der Waals surface area contributed by atoms with Crippen molar-refractivity contribution in [1.29, 1.82) is 0 Å². The predicted molar refractivity (Wildman–Crippen MR) is 78.7 cm³/mol. The van der Waals surface area contributed by atoms with E-state index in [4.69, 9.17) is 4.74 Å². The van der Waals surface area contributed by atoms with Gasteiger partial charge in [0.2, 0.25) is 0 Å². The maximum Gasteiger partial charge on any atom is 0.168 e. The quantitative estimate of drug-likeness (QED) is 0.886. The van der Waals surface area contributed by atoms with Crippen LogP contribution >= 0.6 is 0 Å². The first kappa shape index (κ1) is 14.1. The summed E-state index contributed by atoms with van der Waals surface area (Å²) in [6.45, 7) is 7.42. The number of hydrogen-bond donors (Lipinski definition) is 1. The van der Waals surface area contributed by atoms with E-state index in [0.29, 0.717) is 12.0 Å². The third-order valence-corrected chi connectivity index (χ3v) is 3.66. The number of hydrogen-bond acceptors (Lipinski definition) is 4. The van der Waals surface area contributed by atoms with Gasteiger partial charge in [0.15, 0.2) is 11.6 Å². The van der Waals surface area contributed by atoms with E-state index >= 15 is 0 Å². The molecule has 1 saturated heterocycles. The molecule has 1 aromatic rings. The van der Waals surface area contributed by atoms with E-state index in [9.17, 15) is 0 Å². The number of nitrogens with one attached hydrogen (secondary N) is 1. The van der Waals surface area contributed by atoms with Crippen LogP contribution in [0, 0.1) is 5.92 Å². The normalized spacial score (nSPS) is 24.2. The second-order valence-corrected chi connectivity index (χ2v) is 5.48. The number of rotatable bonds is 5. The van der Waals surface area contributed by atoms with Crippen molar-refractivity contribution in [3.63, 3.8) is 0 Å². The van der Waals surface area contributed by atoms with Crippen molar-refractivity contribution in [2.45, 2.75) is 32.7 Å². The first-order chi connectivity index (χ1) is 9.20. The third-order valence-electron chi connectivity index (χ3n) is 3.66. The highest BCUT2D eigenvalue weighted by Crippen LogP contribution is 2.26. The van der Waals surface area contributed by atoms with Crippen LogP contribution < -0.4 is 10.1 Å². The zero-order chi connectivity index (χ0) is 13.7. The van der Waals surface area contributed by atoms with E-state index < -0.39 is 0 Å². The lowest BCUT2D eigenvalue weighted by Crippen LogP contribution is -2.43. The molecule has 106 valence electrons. The summed E-state index contributed by atoms with van der Waals surface area (Å²) >= 11 is 0. The van der Waals surface area contributed by atoms with Gasteiger partial charge >= 0.3 is 0 Å². The van der Waals surface area contributed by atoms with Gasteiger partial charge in [-0.25, -0.2) is 4.98 Å². The minimum absolute atomic E-state index is 0.482. The van der Waals surface area contributed by atoms with E-state index in [2.05, 4.69) is 36.1 Å². The number of pyridine rings is 1. The van der Waals surface area contributed by atoms with Gasteiger partial charge in [0.25, 0.3) is 0 Å². The molecule has 2 rings (SSSR count). The number of piperidine rings is 1. The first-order valence-corrected chi connectivity index (χ1v) is 7.23. The summed E-state index contributed by atoms with van der Waals surface area (Å²) in [5, 5.41) is 3.57. The van der Waals surface area contributed by atoms with Crippen LogP contribution in [-0.2, 0) is 0 Å². The molecular formula is C15H25N3O. The lowest BCUT2D eigenvalue weighted by atomic mass is 9.94. The van der Waals surface area contributed by atoms with Crippen LogP contribution in [0.15, 0.2) is 18.3 Å². The molecule has 0 spiro atoms. The van der Waals surface area contributed by atoms with Gasteiger partial charge in [-0.1, -0.05) is 13.8 Å². The van der Waals surface area contributed by atoms with Gasteiger partial charge in [-0.15, -0.1) is 0 Å². The zero-order valence-electron chi connectivity index (χ0n) is 12.2. The maximum absolute atomic E-state index is 5.75. The molecule has 19 heavy (non-hydrogen) atoms. The fraction of sp³-hybridized carbons (Fsp3) is 0.667. The summed E-state index contributed by atoms with van der Waals surface area (Å²) in [6.07, 6.45) is 3.99. The molecule has 1 N–H and O–H groups in total. The van der Waals surface area contributed by atoms with Gasteiger partial charge in [0.05, 0.1) is 6.61 Å². The van der Waals surface area contributed by atoms with Gasteiger partial charge < -0.3 is 15.0 Å². The fourth-order valence-electron chi connectivity index (χ4n) is 2.57. The topological polar surface area (TPSA) is 37.4 Å². The molecule has 4 heteroatoms. The Morgan fingerprint density at radius 2 is 2.37 bits per heavy atom. The van der Waals surface area contributed by atoms with Crippen LogP contribution in [0.4, 0.5) is 5.82 Å².